The molecule has 4 atom stereocenters. The van der Waals surface area contributed by atoms with E-state index in [1.54, 1.807) is 12.1 Å². The van der Waals surface area contributed by atoms with E-state index in [9.17, 15) is 33.2 Å². The van der Waals surface area contributed by atoms with Crippen LogP contribution in [0, 0.1) is 5.82 Å². The largest absolute Gasteiger partial charge is 0.469 e. The third-order valence-electron chi connectivity index (χ3n) is 9.18. The molecule has 5 amide bonds. The van der Waals surface area contributed by atoms with Crippen LogP contribution in [-0.2, 0) is 46.3 Å². The molecule has 0 saturated carbocycles. The van der Waals surface area contributed by atoms with Gasteiger partial charge < -0.3 is 30.9 Å². The average molecular weight is 754 g/mol. The van der Waals surface area contributed by atoms with Gasteiger partial charge in [-0.3, -0.25) is 28.8 Å². The monoisotopic (exact) mass is 753 g/mol. The quantitative estimate of drug-likeness (QED) is 0.160. The van der Waals surface area contributed by atoms with Crippen LogP contribution < -0.4 is 21.3 Å². The van der Waals surface area contributed by atoms with Crippen molar-refractivity contribution < 1.29 is 37.9 Å². The summed E-state index contributed by atoms with van der Waals surface area (Å²) < 4.78 is 18.4. The molecule has 0 aromatic heterocycles. The lowest BCUT2D eigenvalue weighted by atomic mass is 9.96. The first-order chi connectivity index (χ1) is 25.2. The predicted octanol–water partition coefficient (Wildman–Crippen LogP) is 3.34. The molecule has 0 radical (unpaired) electrons. The van der Waals surface area contributed by atoms with Crippen molar-refractivity contribution in [1.29, 1.82) is 0 Å². The van der Waals surface area contributed by atoms with Crippen LogP contribution in [0.3, 0.4) is 0 Å². The highest BCUT2D eigenvalue weighted by Crippen LogP contribution is 2.31. The molecule has 286 valence electrons. The molecule has 2 aromatic carbocycles. The normalized spacial score (nSPS) is 17.0. The smallest absolute Gasteiger partial charge is 0.305 e. The number of fused-ring (bicyclic) bond motifs is 1. The van der Waals surface area contributed by atoms with Gasteiger partial charge in [-0.1, -0.05) is 42.5 Å². The number of benzene rings is 2. The lowest BCUT2D eigenvalue weighted by Crippen LogP contribution is -2.61. The molecule has 0 unspecified atom stereocenters. The Kier molecular flexibility index (Phi) is 14.5. The molecule has 14 heteroatoms. The SMILES string of the molecule is COC(=O)CC[C@H](NC(=O)CCl)C(=O)N1CCCC[C@H]1C(=O)N[C@@H](CC1=CCc2ccccc21)C(=O)N[C@@H](Cc1ccc(F)cc1)C(=O)NC(C)(C)C. The number of nitrogens with one attached hydrogen (secondary N) is 4. The number of carbonyl (C=O) groups excluding carboxylic acids is 6. The lowest BCUT2D eigenvalue weighted by Gasteiger charge is -2.37. The maximum atomic E-state index is 14.3. The highest BCUT2D eigenvalue weighted by atomic mass is 35.5. The van der Waals surface area contributed by atoms with Crippen LogP contribution in [0.15, 0.2) is 54.6 Å². The van der Waals surface area contributed by atoms with E-state index in [2.05, 4.69) is 21.3 Å². The Labute approximate surface area is 314 Å². The zero-order chi connectivity index (χ0) is 38.7. The van der Waals surface area contributed by atoms with Crippen LogP contribution in [0.5, 0.6) is 0 Å². The maximum Gasteiger partial charge on any atom is 0.305 e. The van der Waals surface area contributed by atoms with Crippen molar-refractivity contribution in [1.82, 2.24) is 26.2 Å². The standard InChI is InChI=1S/C39H49ClFN5O7/c1-39(2,3)45-36(50)30(21-24-12-16-27(41)17-13-24)43-35(49)31(22-26-15-14-25-9-5-6-10-28(25)26)44-37(51)32-11-7-8-20-46(32)38(52)29(42-33(47)23-40)18-19-34(48)53-4/h5-6,9-10,12-13,15-17,29-32H,7-8,11,14,18-23H2,1-4H3,(H,42,47)(H,43,49)(H,44,51)(H,45,50)/t29-,30-,31-,32-/m0/s1. The Balaban J connectivity index is 1.61. The number of alkyl halides is 1. The van der Waals surface area contributed by atoms with Gasteiger partial charge in [-0.05, 0) is 87.3 Å². The highest BCUT2D eigenvalue weighted by molar-refractivity contribution is 6.27. The van der Waals surface area contributed by atoms with E-state index in [0.717, 1.165) is 16.7 Å². The number of halogens is 2. The van der Waals surface area contributed by atoms with E-state index in [1.165, 1.54) is 24.1 Å². The fraction of sp³-hybridized carbons (Fsp3) is 0.487. The molecule has 1 fully saturated rings. The van der Waals surface area contributed by atoms with Gasteiger partial charge in [-0.15, -0.1) is 11.6 Å². The number of hydrogen-bond acceptors (Lipinski definition) is 7. The number of nitrogens with zero attached hydrogens (tertiary/aromatic N) is 1. The van der Waals surface area contributed by atoms with Gasteiger partial charge in [-0.25, -0.2) is 4.39 Å². The van der Waals surface area contributed by atoms with Crippen molar-refractivity contribution in [3.8, 4) is 0 Å². The first-order valence-electron chi connectivity index (χ1n) is 17.9. The number of piperidine rings is 1. The summed E-state index contributed by atoms with van der Waals surface area (Å²) in [5, 5.41) is 11.2. The maximum absolute atomic E-state index is 14.3. The molecule has 4 N–H and O–H groups in total. The molecule has 1 heterocycles. The Morgan fingerprint density at radius 2 is 1.60 bits per heavy atom. The number of amides is 5. The molecule has 1 aliphatic heterocycles. The summed E-state index contributed by atoms with van der Waals surface area (Å²) in [7, 11) is 1.22. The number of allylic oxidation sites excluding steroid dienone is 1. The zero-order valence-corrected chi connectivity index (χ0v) is 31.4. The fourth-order valence-corrected chi connectivity index (χ4v) is 6.64. The molecule has 53 heavy (non-hydrogen) atoms. The minimum absolute atomic E-state index is 0.0615. The molecular formula is C39H49ClFN5O7. The highest BCUT2D eigenvalue weighted by Gasteiger charge is 2.38. The molecule has 1 saturated heterocycles. The third kappa shape index (κ3) is 11.9. The van der Waals surface area contributed by atoms with E-state index in [1.807, 2.05) is 51.1 Å². The van der Waals surface area contributed by atoms with Crippen LogP contribution in [0.2, 0.25) is 0 Å². The summed E-state index contributed by atoms with van der Waals surface area (Å²) in [6, 6.07) is 9.08. The molecular weight excluding hydrogens is 705 g/mol. The van der Waals surface area contributed by atoms with E-state index in [4.69, 9.17) is 16.3 Å². The number of esters is 1. The van der Waals surface area contributed by atoms with Gasteiger partial charge in [0.1, 0.15) is 35.9 Å². The van der Waals surface area contributed by atoms with E-state index in [-0.39, 0.29) is 32.2 Å². The summed E-state index contributed by atoms with van der Waals surface area (Å²) in [6.07, 6.45) is 4.13. The molecule has 4 rings (SSSR count). The van der Waals surface area contributed by atoms with Gasteiger partial charge in [0, 0.05) is 31.3 Å². The van der Waals surface area contributed by atoms with E-state index < -0.39 is 76.9 Å². The van der Waals surface area contributed by atoms with Crippen LogP contribution >= 0.6 is 11.6 Å². The van der Waals surface area contributed by atoms with Gasteiger partial charge in [0.15, 0.2) is 0 Å². The molecule has 2 aliphatic rings. The summed E-state index contributed by atoms with van der Waals surface area (Å²) >= 11 is 5.71. The van der Waals surface area contributed by atoms with Gasteiger partial charge in [0.25, 0.3) is 0 Å². The predicted molar refractivity (Wildman–Crippen MR) is 198 cm³/mol. The average Bonchev–Trinajstić information content (AvgIpc) is 3.54. The first-order valence-corrected chi connectivity index (χ1v) is 18.4. The second kappa shape index (κ2) is 18.8. The van der Waals surface area contributed by atoms with Gasteiger partial charge in [0.2, 0.25) is 29.5 Å². The zero-order valence-electron chi connectivity index (χ0n) is 30.6. The minimum Gasteiger partial charge on any atom is -0.469 e. The summed E-state index contributed by atoms with van der Waals surface area (Å²) in [5.41, 5.74) is 2.87. The Morgan fingerprint density at radius 1 is 0.906 bits per heavy atom. The topological polar surface area (TPSA) is 163 Å². The number of carbonyl (C=O) groups is 6. The molecule has 0 spiro atoms. The minimum atomic E-state index is -1.15. The van der Waals surface area contributed by atoms with E-state index >= 15 is 0 Å². The van der Waals surface area contributed by atoms with Crippen LogP contribution in [0.25, 0.3) is 5.57 Å². The number of rotatable bonds is 15. The van der Waals surface area contributed by atoms with E-state index in [0.29, 0.717) is 31.2 Å². The van der Waals surface area contributed by atoms with Crippen LogP contribution in [-0.4, -0.2) is 89.6 Å². The molecule has 2 aromatic rings. The van der Waals surface area contributed by atoms with Gasteiger partial charge in [-0.2, -0.15) is 0 Å². The summed E-state index contributed by atoms with van der Waals surface area (Å²) in [5.74, 6) is -4.22. The van der Waals surface area contributed by atoms with Crippen molar-refractivity contribution in [3.63, 3.8) is 0 Å². The summed E-state index contributed by atoms with van der Waals surface area (Å²) in [4.78, 5) is 81.5. The summed E-state index contributed by atoms with van der Waals surface area (Å²) in [6.45, 7) is 5.65. The van der Waals surface area contributed by atoms with Crippen LogP contribution in [0.4, 0.5) is 4.39 Å². The second-order valence-electron chi connectivity index (χ2n) is 14.4. The van der Waals surface area contributed by atoms with Gasteiger partial charge in [0.05, 0.1) is 7.11 Å². The Hall–Kier alpha value is -4.78. The van der Waals surface area contributed by atoms with Crippen LogP contribution in [0.1, 0.15) is 76.0 Å². The lowest BCUT2D eigenvalue weighted by molar-refractivity contribution is -0.146. The molecule has 0 bridgehead atoms. The van der Waals surface area contributed by atoms with Gasteiger partial charge >= 0.3 is 5.97 Å². The van der Waals surface area contributed by atoms with Crippen molar-refractivity contribution in [3.05, 3.63) is 77.1 Å². The number of hydrogen-bond donors (Lipinski definition) is 4. The molecule has 12 nitrogen and oxygen atoms in total. The van der Waals surface area contributed by atoms with Crippen molar-refractivity contribution in [2.75, 3.05) is 19.5 Å². The van der Waals surface area contributed by atoms with Crippen molar-refractivity contribution in [2.24, 2.45) is 0 Å². The first kappa shape index (κ1) is 41.0. The number of ether oxygens (including phenoxy) is 1. The second-order valence-corrected chi connectivity index (χ2v) is 14.7. The van der Waals surface area contributed by atoms with Crippen molar-refractivity contribution >= 4 is 52.7 Å². The van der Waals surface area contributed by atoms with Crippen molar-refractivity contribution in [2.45, 2.75) is 102 Å². The number of methoxy groups -OCH3 is 1. The third-order valence-corrected chi connectivity index (χ3v) is 9.42. The number of likely N-dealkylation sites (tertiary alicyclic amines) is 1. The Morgan fingerprint density at radius 3 is 2.28 bits per heavy atom. The Bertz CT molecular complexity index is 1690. The fourth-order valence-electron chi connectivity index (χ4n) is 6.56. The molecule has 1 aliphatic carbocycles.